The van der Waals surface area contributed by atoms with Crippen LogP contribution in [0.4, 0.5) is 11.4 Å². The summed E-state index contributed by atoms with van der Waals surface area (Å²) in [4.78, 5) is 28.5. The van der Waals surface area contributed by atoms with Crippen molar-refractivity contribution in [3.8, 4) is 17.2 Å². The van der Waals surface area contributed by atoms with E-state index in [1.54, 1.807) is 37.3 Å². The van der Waals surface area contributed by atoms with Crippen LogP contribution in [0.25, 0.3) is 0 Å². The maximum Gasteiger partial charge on any atom is 0.234 e. The van der Waals surface area contributed by atoms with Crippen LogP contribution in [0, 0.1) is 11.8 Å². The number of carbonyl (C=O) groups is 2. The van der Waals surface area contributed by atoms with Gasteiger partial charge in [0, 0.05) is 11.8 Å². The third-order valence-electron chi connectivity index (χ3n) is 6.45. The molecule has 0 radical (unpaired) electrons. The van der Waals surface area contributed by atoms with E-state index >= 15 is 0 Å². The second-order valence-corrected chi connectivity index (χ2v) is 8.08. The summed E-state index contributed by atoms with van der Waals surface area (Å²) in [7, 11) is 4.68. The van der Waals surface area contributed by atoms with E-state index in [-0.39, 0.29) is 11.8 Å². The van der Waals surface area contributed by atoms with E-state index in [0.29, 0.717) is 29.5 Å². The molecule has 8 nitrogen and oxygen atoms in total. The van der Waals surface area contributed by atoms with Crippen LogP contribution >= 0.6 is 0 Å². The second kappa shape index (κ2) is 7.56. The van der Waals surface area contributed by atoms with E-state index in [4.69, 9.17) is 18.9 Å². The lowest BCUT2D eigenvalue weighted by atomic mass is 9.76. The molecule has 0 saturated carbocycles. The van der Waals surface area contributed by atoms with Crippen molar-refractivity contribution in [3.63, 3.8) is 0 Å². The normalized spacial score (nSPS) is 27.4. The third kappa shape index (κ3) is 3.02. The number of hydrogen-bond acceptors (Lipinski definition) is 6. The predicted molar refractivity (Wildman–Crippen MR) is 117 cm³/mol. The Morgan fingerprint density at radius 3 is 2.47 bits per heavy atom. The number of methoxy groups -OCH3 is 3. The summed E-state index contributed by atoms with van der Waals surface area (Å²) in [6.45, 7) is 0.367. The zero-order chi connectivity index (χ0) is 22.5. The summed E-state index contributed by atoms with van der Waals surface area (Å²) in [5.74, 6) is 0.173. The van der Waals surface area contributed by atoms with Crippen molar-refractivity contribution < 1.29 is 28.5 Å². The van der Waals surface area contributed by atoms with Gasteiger partial charge in [-0.15, -0.1) is 0 Å². The van der Waals surface area contributed by atoms with Gasteiger partial charge in [0.25, 0.3) is 0 Å². The van der Waals surface area contributed by atoms with Crippen molar-refractivity contribution in [1.29, 1.82) is 0 Å². The molecule has 2 amide bonds. The first kappa shape index (κ1) is 20.4. The Morgan fingerprint density at radius 2 is 1.78 bits per heavy atom. The predicted octanol–water partition coefficient (Wildman–Crippen LogP) is 2.64. The minimum absolute atomic E-state index is 0.121. The molecule has 2 unspecified atom stereocenters. The van der Waals surface area contributed by atoms with Gasteiger partial charge >= 0.3 is 0 Å². The number of anilines is 2. The first-order chi connectivity index (χ1) is 15.5. The summed E-state index contributed by atoms with van der Waals surface area (Å²) in [5.41, 5.74) is 0.459. The maximum atomic E-state index is 13.5. The molecule has 4 atom stereocenters. The zero-order valence-corrected chi connectivity index (χ0v) is 18.0. The average Bonchev–Trinajstić information content (AvgIpc) is 3.47. The Balaban J connectivity index is 1.41. The molecular weight excluding hydrogens is 412 g/mol. The van der Waals surface area contributed by atoms with E-state index in [9.17, 15) is 9.59 Å². The van der Waals surface area contributed by atoms with Gasteiger partial charge in [0.15, 0.2) is 0 Å². The number of benzene rings is 2. The van der Waals surface area contributed by atoms with Gasteiger partial charge in [-0.3, -0.25) is 9.59 Å². The highest BCUT2D eigenvalue weighted by Gasteiger charge is 2.67. The molecule has 1 spiro atoms. The number of nitrogens with one attached hydrogen (secondary N) is 1. The van der Waals surface area contributed by atoms with Gasteiger partial charge in [0.1, 0.15) is 22.8 Å². The fourth-order valence-corrected chi connectivity index (χ4v) is 4.90. The van der Waals surface area contributed by atoms with E-state index < -0.39 is 23.5 Å². The molecule has 1 N–H and O–H groups in total. The lowest BCUT2D eigenvalue weighted by molar-refractivity contribution is -0.128. The number of hydrogen-bond donors (Lipinski definition) is 1. The van der Waals surface area contributed by atoms with Crippen LogP contribution in [-0.2, 0) is 14.3 Å². The van der Waals surface area contributed by atoms with Gasteiger partial charge in [-0.2, -0.15) is 0 Å². The topological polar surface area (TPSA) is 86.3 Å². The maximum absolute atomic E-state index is 13.5. The fourth-order valence-electron chi connectivity index (χ4n) is 4.90. The molecule has 3 aliphatic rings. The van der Waals surface area contributed by atoms with Crippen molar-refractivity contribution in [2.24, 2.45) is 11.8 Å². The minimum Gasteiger partial charge on any atom is -0.497 e. The molecule has 2 bridgehead atoms. The lowest BCUT2D eigenvalue weighted by Crippen LogP contribution is -2.41. The molecule has 3 aliphatic heterocycles. The Hall–Kier alpha value is -3.52. The summed E-state index contributed by atoms with van der Waals surface area (Å²) >= 11 is 0. The van der Waals surface area contributed by atoms with Crippen molar-refractivity contribution in [2.45, 2.75) is 11.7 Å². The molecule has 0 aromatic heterocycles. The van der Waals surface area contributed by atoms with Crippen LogP contribution in [0.2, 0.25) is 0 Å². The highest BCUT2D eigenvalue weighted by atomic mass is 16.5. The largest absolute Gasteiger partial charge is 0.497 e. The SMILES string of the molecule is COc1ccc(N2C[C@@]34C=C[C@@H](O3)C(C(=O)Nc3ccc(OC)cc3OC)C4C2=O)cc1. The highest BCUT2D eigenvalue weighted by Crippen LogP contribution is 2.53. The minimum atomic E-state index is -0.798. The van der Waals surface area contributed by atoms with Gasteiger partial charge in [-0.05, 0) is 36.4 Å². The number of carbonyl (C=O) groups excluding carboxylic acids is 2. The van der Waals surface area contributed by atoms with Gasteiger partial charge in [-0.25, -0.2) is 0 Å². The fraction of sp³-hybridized carbons (Fsp3) is 0.333. The quantitative estimate of drug-likeness (QED) is 0.701. The number of nitrogens with zero attached hydrogens (tertiary/aromatic N) is 1. The van der Waals surface area contributed by atoms with E-state index in [1.807, 2.05) is 36.4 Å². The molecule has 3 heterocycles. The molecular formula is C24H24N2O6. The lowest BCUT2D eigenvalue weighted by Gasteiger charge is -2.24. The zero-order valence-electron chi connectivity index (χ0n) is 18.0. The Labute approximate surface area is 185 Å². The van der Waals surface area contributed by atoms with Gasteiger partial charge < -0.3 is 29.2 Å². The molecule has 0 aliphatic carbocycles. The first-order valence-corrected chi connectivity index (χ1v) is 10.3. The van der Waals surface area contributed by atoms with Crippen LogP contribution in [-0.4, -0.2) is 51.4 Å². The van der Waals surface area contributed by atoms with E-state index in [2.05, 4.69) is 5.32 Å². The molecule has 166 valence electrons. The van der Waals surface area contributed by atoms with E-state index in [1.165, 1.54) is 7.11 Å². The van der Waals surface area contributed by atoms with Crippen molar-refractivity contribution in [2.75, 3.05) is 38.1 Å². The molecule has 2 aromatic rings. The highest BCUT2D eigenvalue weighted by molar-refractivity contribution is 6.05. The molecule has 2 saturated heterocycles. The average molecular weight is 436 g/mol. The summed E-state index contributed by atoms with van der Waals surface area (Å²) in [5, 5.41) is 2.92. The first-order valence-electron chi connectivity index (χ1n) is 10.3. The van der Waals surface area contributed by atoms with Crippen LogP contribution < -0.4 is 24.4 Å². The van der Waals surface area contributed by atoms with Crippen molar-refractivity contribution >= 4 is 23.2 Å². The van der Waals surface area contributed by atoms with Crippen LogP contribution in [0.3, 0.4) is 0 Å². The number of rotatable bonds is 6. The molecule has 32 heavy (non-hydrogen) atoms. The Kier molecular flexibility index (Phi) is 4.82. The van der Waals surface area contributed by atoms with Gasteiger partial charge in [0.05, 0.1) is 51.5 Å². The van der Waals surface area contributed by atoms with Crippen molar-refractivity contribution in [1.82, 2.24) is 0 Å². The van der Waals surface area contributed by atoms with E-state index in [0.717, 1.165) is 5.69 Å². The van der Waals surface area contributed by atoms with Crippen LogP contribution in [0.5, 0.6) is 17.2 Å². The monoisotopic (exact) mass is 436 g/mol. The molecule has 8 heteroatoms. The molecule has 5 rings (SSSR count). The van der Waals surface area contributed by atoms with Gasteiger partial charge in [-0.1, -0.05) is 12.2 Å². The second-order valence-electron chi connectivity index (χ2n) is 8.08. The summed E-state index contributed by atoms with van der Waals surface area (Å²) in [6, 6.07) is 12.4. The van der Waals surface area contributed by atoms with Crippen molar-refractivity contribution in [3.05, 3.63) is 54.6 Å². The number of fused-ring (bicyclic) bond motifs is 1. The van der Waals surface area contributed by atoms with Crippen LogP contribution in [0.1, 0.15) is 0 Å². The number of amides is 2. The third-order valence-corrected chi connectivity index (χ3v) is 6.45. The molecule has 2 aromatic carbocycles. The summed E-state index contributed by atoms with van der Waals surface area (Å²) < 4.78 is 22.0. The van der Waals surface area contributed by atoms with Crippen LogP contribution in [0.15, 0.2) is 54.6 Å². The Morgan fingerprint density at radius 1 is 1.06 bits per heavy atom. The van der Waals surface area contributed by atoms with Gasteiger partial charge in [0.2, 0.25) is 11.8 Å². The summed E-state index contributed by atoms with van der Waals surface area (Å²) in [6.07, 6.45) is 3.38. The molecule has 2 fully saturated rings. The standard InChI is InChI=1S/C24H24N2O6/c1-29-15-6-4-14(5-7-15)26-13-24-11-10-18(32-24)20(21(24)23(26)28)22(27)25-17-9-8-16(30-2)12-19(17)31-3/h4-12,18,20-21H,13H2,1-3H3,(H,25,27)/t18-,20?,21?,24-/m1/s1. The smallest absolute Gasteiger partial charge is 0.234 e. The number of ether oxygens (including phenoxy) is 4. The Bertz CT molecular complexity index is 1100.